The van der Waals surface area contributed by atoms with Crippen LogP contribution in [0.5, 0.6) is 5.75 Å². The molecule has 162 valence electrons. The van der Waals surface area contributed by atoms with Crippen molar-refractivity contribution >= 4 is 15.9 Å². The van der Waals surface area contributed by atoms with Gasteiger partial charge >= 0.3 is 0 Å². The van der Waals surface area contributed by atoms with Gasteiger partial charge in [-0.25, -0.2) is 13.1 Å². The SMILES string of the molecule is CNS(=O)(=O)c1cc(C(=O)N2CCCCCC2c2ccc(OC)cc2)cc(C)c1C. The summed E-state index contributed by atoms with van der Waals surface area (Å²) in [7, 11) is -0.639. The predicted octanol–water partition coefficient (Wildman–Crippen LogP) is 3.98. The number of benzene rings is 2. The molecule has 1 heterocycles. The molecule has 1 unspecified atom stereocenters. The molecule has 2 aromatic rings. The molecule has 0 saturated carbocycles. The van der Waals surface area contributed by atoms with E-state index in [9.17, 15) is 13.2 Å². The summed E-state index contributed by atoms with van der Waals surface area (Å²) in [5.74, 6) is 0.648. The molecule has 0 spiro atoms. The van der Waals surface area contributed by atoms with Crippen molar-refractivity contribution in [2.75, 3.05) is 20.7 Å². The fourth-order valence-corrected chi connectivity index (χ4v) is 5.10. The first-order valence-electron chi connectivity index (χ1n) is 10.3. The number of hydrogen-bond acceptors (Lipinski definition) is 4. The van der Waals surface area contributed by atoms with Crippen LogP contribution in [-0.4, -0.2) is 39.9 Å². The maximum absolute atomic E-state index is 13.6. The van der Waals surface area contributed by atoms with Gasteiger partial charge in [-0.3, -0.25) is 4.79 Å². The number of hydrogen-bond donors (Lipinski definition) is 1. The number of methoxy groups -OCH3 is 1. The third-order valence-electron chi connectivity index (χ3n) is 5.94. The van der Waals surface area contributed by atoms with Crippen LogP contribution in [0.1, 0.15) is 58.8 Å². The molecule has 1 atom stereocenters. The third kappa shape index (κ3) is 4.52. The smallest absolute Gasteiger partial charge is 0.254 e. The van der Waals surface area contributed by atoms with E-state index in [1.54, 1.807) is 20.1 Å². The fraction of sp³-hybridized carbons (Fsp3) is 0.435. The Labute approximate surface area is 179 Å². The number of nitrogens with one attached hydrogen (secondary N) is 1. The predicted molar refractivity (Wildman–Crippen MR) is 117 cm³/mol. The van der Waals surface area contributed by atoms with Gasteiger partial charge in [0.1, 0.15) is 5.75 Å². The zero-order valence-corrected chi connectivity index (χ0v) is 18.9. The van der Waals surface area contributed by atoms with Gasteiger partial charge in [-0.15, -0.1) is 0 Å². The lowest BCUT2D eigenvalue weighted by molar-refractivity contribution is 0.0680. The van der Waals surface area contributed by atoms with Gasteiger partial charge in [0.2, 0.25) is 10.0 Å². The van der Waals surface area contributed by atoms with Crippen LogP contribution in [0.15, 0.2) is 41.3 Å². The minimum Gasteiger partial charge on any atom is -0.497 e. The zero-order valence-electron chi connectivity index (χ0n) is 18.1. The van der Waals surface area contributed by atoms with Crippen molar-refractivity contribution in [3.05, 3.63) is 58.7 Å². The molecule has 0 aromatic heterocycles. The minimum absolute atomic E-state index is 0.0446. The van der Waals surface area contributed by atoms with Crippen molar-refractivity contribution in [1.29, 1.82) is 0 Å². The summed E-state index contributed by atoms with van der Waals surface area (Å²) in [6, 6.07) is 11.1. The van der Waals surface area contributed by atoms with Crippen LogP contribution in [0, 0.1) is 13.8 Å². The zero-order chi connectivity index (χ0) is 21.9. The van der Waals surface area contributed by atoms with Crippen molar-refractivity contribution in [2.45, 2.75) is 50.5 Å². The van der Waals surface area contributed by atoms with Crippen molar-refractivity contribution in [3.63, 3.8) is 0 Å². The van der Waals surface area contributed by atoms with Gasteiger partial charge in [0.05, 0.1) is 18.0 Å². The lowest BCUT2D eigenvalue weighted by Crippen LogP contribution is -2.35. The Hall–Kier alpha value is -2.38. The molecule has 6 nitrogen and oxygen atoms in total. The lowest BCUT2D eigenvalue weighted by Gasteiger charge is -2.31. The first-order valence-corrected chi connectivity index (χ1v) is 11.8. The molecule has 7 heteroatoms. The van der Waals surface area contributed by atoms with E-state index in [-0.39, 0.29) is 16.8 Å². The van der Waals surface area contributed by atoms with E-state index in [0.717, 1.165) is 42.6 Å². The third-order valence-corrected chi connectivity index (χ3v) is 7.48. The molecule has 30 heavy (non-hydrogen) atoms. The summed E-state index contributed by atoms with van der Waals surface area (Å²) in [6.45, 7) is 4.25. The highest BCUT2D eigenvalue weighted by atomic mass is 32.2. The van der Waals surface area contributed by atoms with Gasteiger partial charge in [0.15, 0.2) is 0 Å². The molecule has 1 N–H and O–H groups in total. The number of rotatable bonds is 5. The fourth-order valence-electron chi connectivity index (χ4n) is 4.03. The van der Waals surface area contributed by atoms with Crippen molar-refractivity contribution < 1.29 is 17.9 Å². The van der Waals surface area contributed by atoms with E-state index >= 15 is 0 Å². The quantitative estimate of drug-likeness (QED) is 0.779. The van der Waals surface area contributed by atoms with Gasteiger partial charge in [-0.1, -0.05) is 25.0 Å². The van der Waals surface area contributed by atoms with Crippen molar-refractivity contribution in [2.24, 2.45) is 0 Å². The number of likely N-dealkylation sites (tertiary alicyclic amines) is 1. The van der Waals surface area contributed by atoms with Gasteiger partial charge in [0, 0.05) is 12.1 Å². The second-order valence-electron chi connectivity index (χ2n) is 7.76. The van der Waals surface area contributed by atoms with Crippen molar-refractivity contribution in [3.8, 4) is 5.75 Å². The first kappa shape index (κ1) is 22.3. The van der Waals surface area contributed by atoms with E-state index < -0.39 is 10.0 Å². The van der Waals surface area contributed by atoms with E-state index in [2.05, 4.69) is 4.72 Å². The number of aryl methyl sites for hydroxylation is 1. The summed E-state index contributed by atoms with van der Waals surface area (Å²) in [6.07, 6.45) is 3.94. The summed E-state index contributed by atoms with van der Waals surface area (Å²) in [5.41, 5.74) is 2.92. The number of sulfonamides is 1. The van der Waals surface area contributed by atoms with Gasteiger partial charge in [-0.2, -0.15) is 0 Å². The molecular weight excluding hydrogens is 400 g/mol. The highest BCUT2D eigenvalue weighted by Gasteiger charge is 2.29. The molecule has 1 saturated heterocycles. The average molecular weight is 431 g/mol. The Morgan fingerprint density at radius 3 is 2.43 bits per heavy atom. The Bertz CT molecular complexity index is 1020. The molecule has 2 aromatic carbocycles. The Morgan fingerprint density at radius 2 is 1.80 bits per heavy atom. The molecule has 3 rings (SSSR count). The van der Waals surface area contributed by atoms with E-state index in [0.29, 0.717) is 17.7 Å². The lowest BCUT2D eigenvalue weighted by atomic mass is 9.99. The normalized spacial score (nSPS) is 17.5. The number of nitrogens with zero attached hydrogens (tertiary/aromatic N) is 1. The molecule has 0 radical (unpaired) electrons. The molecule has 1 aliphatic rings. The maximum Gasteiger partial charge on any atom is 0.254 e. The van der Waals surface area contributed by atoms with E-state index in [1.165, 1.54) is 13.1 Å². The molecular formula is C23H30N2O4S. The highest BCUT2D eigenvalue weighted by Crippen LogP contribution is 2.33. The monoisotopic (exact) mass is 430 g/mol. The Morgan fingerprint density at radius 1 is 1.10 bits per heavy atom. The van der Waals surface area contributed by atoms with Crippen LogP contribution >= 0.6 is 0 Å². The summed E-state index contributed by atoms with van der Waals surface area (Å²) in [5, 5.41) is 0. The summed E-state index contributed by atoms with van der Waals surface area (Å²) >= 11 is 0. The van der Waals surface area contributed by atoms with Crippen LogP contribution < -0.4 is 9.46 Å². The van der Waals surface area contributed by atoms with Gasteiger partial charge < -0.3 is 9.64 Å². The summed E-state index contributed by atoms with van der Waals surface area (Å²) < 4.78 is 32.6. The Balaban J connectivity index is 2.02. The number of ether oxygens (including phenoxy) is 1. The van der Waals surface area contributed by atoms with Crippen LogP contribution in [0.3, 0.4) is 0 Å². The number of amides is 1. The van der Waals surface area contributed by atoms with Crippen LogP contribution in [0.2, 0.25) is 0 Å². The van der Waals surface area contributed by atoms with Gasteiger partial charge in [0.25, 0.3) is 5.91 Å². The second-order valence-corrected chi connectivity index (χ2v) is 9.62. The van der Waals surface area contributed by atoms with Crippen molar-refractivity contribution in [1.82, 2.24) is 9.62 Å². The molecule has 0 bridgehead atoms. The second kappa shape index (κ2) is 9.18. The Kier molecular flexibility index (Phi) is 6.83. The molecule has 1 aliphatic heterocycles. The van der Waals surface area contributed by atoms with Crippen LogP contribution in [-0.2, 0) is 10.0 Å². The largest absolute Gasteiger partial charge is 0.497 e. The summed E-state index contributed by atoms with van der Waals surface area (Å²) in [4.78, 5) is 15.6. The highest BCUT2D eigenvalue weighted by molar-refractivity contribution is 7.89. The van der Waals surface area contributed by atoms with Crippen LogP contribution in [0.25, 0.3) is 0 Å². The van der Waals surface area contributed by atoms with E-state index in [4.69, 9.17) is 4.74 Å². The molecule has 1 fully saturated rings. The first-order chi connectivity index (χ1) is 14.3. The van der Waals surface area contributed by atoms with Crippen LogP contribution in [0.4, 0.5) is 0 Å². The topological polar surface area (TPSA) is 75.7 Å². The molecule has 0 aliphatic carbocycles. The van der Waals surface area contributed by atoms with Gasteiger partial charge in [-0.05, 0) is 74.7 Å². The number of carbonyl (C=O) groups is 1. The number of carbonyl (C=O) groups excluding carboxylic acids is 1. The average Bonchev–Trinajstić information content (AvgIpc) is 3.01. The minimum atomic E-state index is -3.65. The molecule has 1 amide bonds. The maximum atomic E-state index is 13.6. The standard InChI is InChI=1S/C23H30N2O4S/c1-16-14-19(15-22(17(16)2)30(27,28)24-3)23(26)25-13-7-5-6-8-21(25)18-9-11-20(29-4)12-10-18/h9-12,14-15,21,24H,5-8,13H2,1-4H3. The van der Waals surface area contributed by atoms with E-state index in [1.807, 2.05) is 36.1 Å².